The first-order valence-electron chi connectivity index (χ1n) is 17.8. The van der Waals surface area contributed by atoms with E-state index < -0.39 is 5.97 Å². The Balaban J connectivity index is 1.02. The van der Waals surface area contributed by atoms with Crippen molar-refractivity contribution in [2.75, 3.05) is 12.4 Å². The van der Waals surface area contributed by atoms with Gasteiger partial charge in [-0.2, -0.15) is 5.10 Å². The van der Waals surface area contributed by atoms with Gasteiger partial charge >= 0.3 is 5.97 Å². The third-order valence-corrected chi connectivity index (χ3v) is 12.8. The van der Waals surface area contributed by atoms with Gasteiger partial charge in [0.15, 0.2) is 10.8 Å². The average Bonchev–Trinajstić information content (AvgIpc) is 3.67. The molecule has 0 radical (unpaired) electrons. The largest absolute Gasteiger partial charge is 0.476 e. The van der Waals surface area contributed by atoms with Gasteiger partial charge in [0, 0.05) is 47.6 Å². The van der Waals surface area contributed by atoms with E-state index in [4.69, 9.17) is 9.84 Å². The smallest absolute Gasteiger partial charge is 0.355 e. The Morgan fingerprint density at radius 3 is 2.46 bits per heavy atom. The molecule has 264 valence electrons. The molecule has 6 aromatic rings. The summed E-state index contributed by atoms with van der Waals surface area (Å²) in [6, 6.07) is 18.6. The van der Waals surface area contributed by atoms with Crippen LogP contribution >= 0.6 is 11.3 Å². The first-order valence-corrected chi connectivity index (χ1v) is 18.6. The number of methoxy groups -OCH3 is 1. The number of fused-ring (bicyclic) bond motifs is 2. The number of para-hydroxylation sites is 1. The molecule has 1 amide bonds. The molecule has 0 spiro atoms. The molecule has 4 fully saturated rings. The second kappa shape index (κ2) is 11.5. The zero-order valence-corrected chi connectivity index (χ0v) is 30.5. The summed E-state index contributed by atoms with van der Waals surface area (Å²) < 4.78 is 9.35. The Kier molecular flexibility index (Phi) is 7.27. The molecule has 4 aliphatic carbocycles. The number of pyridine rings is 2. The number of rotatable bonds is 8. The van der Waals surface area contributed by atoms with Crippen molar-refractivity contribution in [1.82, 2.24) is 24.7 Å². The van der Waals surface area contributed by atoms with Crippen LogP contribution in [-0.2, 0) is 11.3 Å². The van der Waals surface area contributed by atoms with E-state index in [0.717, 1.165) is 60.1 Å². The lowest BCUT2D eigenvalue weighted by Crippen LogP contribution is -2.64. The van der Waals surface area contributed by atoms with Crippen LogP contribution in [0.5, 0.6) is 0 Å². The summed E-state index contributed by atoms with van der Waals surface area (Å²) in [5.74, 6) is -1.42. The molecule has 0 saturated heterocycles. The summed E-state index contributed by atoms with van der Waals surface area (Å²) in [5, 5.41) is 19.4. The van der Waals surface area contributed by atoms with E-state index in [9.17, 15) is 14.7 Å². The monoisotopic (exact) mass is 712 g/mol. The molecule has 2 unspecified atom stereocenters. The lowest BCUT2D eigenvalue weighted by molar-refractivity contribution is -0.239. The number of nitrogens with one attached hydrogen (secondary N) is 1. The van der Waals surface area contributed by atoms with E-state index >= 15 is 0 Å². The third kappa shape index (κ3) is 5.40. The first kappa shape index (κ1) is 32.9. The van der Waals surface area contributed by atoms with Crippen LogP contribution < -0.4 is 5.32 Å². The molecule has 4 heterocycles. The SMILES string of the molecule is COC12CC3(C)CC(C)(CC(Cn4ncc(-c5ccc(-c6ccc7nccc(C(=O)Nc8nc9ccccc9s8)c7c6)nc5C(=O)O)c4C)(C3)C1)C2. The quantitative estimate of drug-likeness (QED) is 0.160. The van der Waals surface area contributed by atoms with Gasteiger partial charge in [-0.1, -0.05) is 43.4 Å². The standard InChI is InChI=1S/C41H40N6O4S/c1-24-29(16-43-47(24)23-40-18-38(2)17-39(3,19-40)21-41(20-38,22-40)51-4)26-10-12-30(44-34(26)36(49)50)25-9-11-31-28(15-25)27(13-14-42-31)35(48)46-37-45-32-7-5-6-8-33(32)52-37/h5-16H,17-23H2,1-4H3,(H,49,50)(H,45,46,48). The number of carboxylic acid groups (broad SMARTS) is 1. The minimum absolute atomic E-state index is 0.0478. The number of aromatic carboxylic acids is 1. The average molecular weight is 713 g/mol. The number of anilines is 1. The Morgan fingerprint density at radius 1 is 0.923 bits per heavy atom. The number of carbonyl (C=O) groups is 2. The van der Waals surface area contributed by atoms with Crippen LogP contribution in [0.25, 0.3) is 43.5 Å². The van der Waals surface area contributed by atoms with Crippen molar-refractivity contribution >= 4 is 49.5 Å². The van der Waals surface area contributed by atoms with E-state index in [0.29, 0.717) is 38.4 Å². The summed E-state index contributed by atoms with van der Waals surface area (Å²) in [7, 11) is 1.88. The van der Waals surface area contributed by atoms with Crippen LogP contribution in [0.4, 0.5) is 5.13 Å². The van der Waals surface area contributed by atoms with Crippen LogP contribution in [0.3, 0.4) is 0 Å². The molecule has 11 heteroatoms. The molecule has 4 aliphatic rings. The summed E-state index contributed by atoms with van der Waals surface area (Å²) >= 11 is 1.41. The molecule has 2 N–H and O–H groups in total. The minimum atomic E-state index is -1.12. The highest BCUT2D eigenvalue weighted by Crippen LogP contribution is 2.72. The number of benzene rings is 2. The normalized spacial score (nSPS) is 26.3. The molecule has 0 aliphatic heterocycles. The number of thiazole rings is 1. The molecule has 4 aromatic heterocycles. The summed E-state index contributed by atoms with van der Waals surface area (Å²) in [4.78, 5) is 40.0. The van der Waals surface area contributed by atoms with Crippen molar-refractivity contribution in [1.29, 1.82) is 0 Å². The molecular formula is C41H40N6O4S. The molecule has 4 bridgehead atoms. The molecule has 10 rings (SSSR count). The number of ether oxygens (including phenoxy) is 1. The number of carboxylic acids is 1. The predicted molar refractivity (Wildman–Crippen MR) is 202 cm³/mol. The molecule has 10 nitrogen and oxygen atoms in total. The van der Waals surface area contributed by atoms with E-state index in [2.05, 4.69) is 38.8 Å². The fourth-order valence-corrected chi connectivity index (χ4v) is 11.9. The number of hydrogen-bond acceptors (Lipinski definition) is 8. The van der Waals surface area contributed by atoms with Crippen LogP contribution in [0.1, 0.15) is 78.9 Å². The Hall–Kier alpha value is -5.00. The zero-order chi connectivity index (χ0) is 36.0. The maximum absolute atomic E-state index is 13.5. The first-order chi connectivity index (χ1) is 24.9. The summed E-state index contributed by atoms with van der Waals surface area (Å²) in [5.41, 5.74) is 5.70. The number of carbonyl (C=O) groups excluding carboxylic acids is 1. The van der Waals surface area contributed by atoms with Gasteiger partial charge in [-0.15, -0.1) is 0 Å². The van der Waals surface area contributed by atoms with Crippen molar-refractivity contribution in [3.8, 4) is 22.4 Å². The summed E-state index contributed by atoms with van der Waals surface area (Å²) in [6.45, 7) is 7.67. The highest BCUT2D eigenvalue weighted by molar-refractivity contribution is 7.22. The highest BCUT2D eigenvalue weighted by Gasteiger charge is 2.66. The van der Waals surface area contributed by atoms with Crippen LogP contribution in [0, 0.1) is 23.2 Å². The van der Waals surface area contributed by atoms with Crippen molar-refractivity contribution < 1.29 is 19.4 Å². The topological polar surface area (TPSA) is 132 Å². The van der Waals surface area contributed by atoms with Crippen molar-refractivity contribution in [3.05, 3.63) is 90.0 Å². The second-order valence-electron chi connectivity index (χ2n) is 16.3. The van der Waals surface area contributed by atoms with Crippen LogP contribution in [-0.4, -0.2) is 54.4 Å². The van der Waals surface area contributed by atoms with Crippen molar-refractivity contribution in [2.24, 2.45) is 16.2 Å². The van der Waals surface area contributed by atoms with Gasteiger partial charge in [-0.05, 0) is 104 Å². The molecule has 2 aromatic carbocycles. The number of aromatic nitrogens is 5. The van der Waals surface area contributed by atoms with Gasteiger partial charge in [0.1, 0.15) is 0 Å². The number of amides is 1. The van der Waals surface area contributed by atoms with Crippen molar-refractivity contribution in [3.63, 3.8) is 0 Å². The van der Waals surface area contributed by atoms with Gasteiger partial charge in [0.25, 0.3) is 5.91 Å². The van der Waals surface area contributed by atoms with Crippen LogP contribution in [0.2, 0.25) is 0 Å². The van der Waals surface area contributed by atoms with E-state index in [-0.39, 0.29) is 33.4 Å². The second-order valence-corrected chi connectivity index (χ2v) is 17.3. The fourth-order valence-electron chi connectivity index (χ4n) is 11.0. The van der Waals surface area contributed by atoms with Gasteiger partial charge in [-0.25, -0.2) is 14.8 Å². The van der Waals surface area contributed by atoms with E-state index in [1.54, 1.807) is 18.5 Å². The summed E-state index contributed by atoms with van der Waals surface area (Å²) in [6.07, 6.45) is 10.2. The lowest BCUT2D eigenvalue weighted by Gasteiger charge is -2.69. The van der Waals surface area contributed by atoms with Gasteiger partial charge in [0.05, 0.1) is 38.8 Å². The lowest BCUT2D eigenvalue weighted by atomic mass is 9.39. The van der Waals surface area contributed by atoms with E-state index in [1.165, 1.54) is 17.8 Å². The molecular weight excluding hydrogens is 673 g/mol. The van der Waals surface area contributed by atoms with E-state index in [1.807, 2.05) is 68.6 Å². The minimum Gasteiger partial charge on any atom is -0.476 e. The Morgan fingerprint density at radius 2 is 1.71 bits per heavy atom. The van der Waals surface area contributed by atoms with Crippen molar-refractivity contribution in [2.45, 2.75) is 71.4 Å². The molecule has 4 saturated carbocycles. The van der Waals surface area contributed by atoms with Gasteiger partial charge < -0.3 is 9.84 Å². The molecule has 52 heavy (non-hydrogen) atoms. The van der Waals surface area contributed by atoms with Crippen LogP contribution in [0.15, 0.2) is 73.1 Å². The molecule has 2 atom stereocenters. The zero-order valence-electron chi connectivity index (χ0n) is 29.7. The highest BCUT2D eigenvalue weighted by atomic mass is 32.1. The maximum Gasteiger partial charge on any atom is 0.355 e. The Labute approximate surface area is 305 Å². The predicted octanol–water partition coefficient (Wildman–Crippen LogP) is 8.79. The fraction of sp³-hybridized carbons (Fsp3) is 0.366. The van der Waals surface area contributed by atoms with Gasteiger partial charge in [-0.3, -0.25) is 19.8 Å². The van der Waals surface area contributed by atoms with Gasteiger partial charge in [0.2, 0.25) is 0 Å². The third-order valence-electron chi connectivity index (χ3n) is 11.9. The maximum atomic E-state index is 13.5. The number of nitrogens with zero attached hydrogens (tertiary/aromatic N) is 5. The Bertz CT molecular complexity index is 2400. The number of hydrogen-bond donors (Lipinski definition) is 2.